The van der Waals surface area contributed by atoms with Crippen LogP contribution in [0, 0.1) is 17.3 Å². The van der Waals surface area contributed by atoms with Crippen molar-refractivity contribution in [3.63, 3.8) is 0 Å². The number of carbonyl (C=O) groups is 1. The molecular formula is C17H32N2O. The van der Waals surface area contributed by atoms with Gasteiger partial charge in [0.1, 0.15) is 0 Å². The molecule has 0 radical (unpaired) electrons. The molecule has 2 saturated carbocycles. The van der Waals surface area contributed by atoms with Crippen molar-refractivity contribution in [3.8, 4) is 0 Å². The van der Waals surface area contributed by atoms with Gasteiger partial charge >= 0.3 is 0 Å². The SMILES string of the molecule is CC(C)CC1(C(=O)NC(CN)C2CCCC2)CCCC1. The van der Waals surface area contributed by atoms with E-state index in [2.05, 4.69) is 19.2 Å². The molecule has 0 aromatic rings. The fraction of sp³-hybridized carbons (Fsp3) is 0.941. The summed E-state index contributed by atoms with van der Waals surface area (Å²) < 4.78 is 0. The number of hydrogen-bond donors (Lipinski definition) is 2. The molecule has 0 aromatic heterocycles. The first kappa shape index (κ1) is 15.8. The molecule has 0 aromatic carbocycles. The molecule has 1 amide bonds. The van der Waals surface area contributed by atoms with Crippen molar-refractivity contribution in [3.05, 3.63) is 0 Å². The average Bonchev–Trinajstić information content (AvgIpc) is 3.06. The normalized spacial score (nSPS) is 24.2. The van der Waals surface area contributed by atoms with Crippen LogP contribution in [0.3, 0.4) is 0 Å². The van der Waals surface area contributed by atoms with Crippen LogP contribution in [0.2, 0.25) is 0 Å². The summed E-state index contributed by atoms with van der Waals surface area (Å²) in [4.78, 5) is 12.9. The Morgan fingerprint density at radius 1 is 1.20 bits per heavy atom. The van der Waals surface area contributed by atoms with E-state index in [4.69, 9.17) is 5.73 Å². The standard InChI is InChI=1S/C17H32N2O/c1-13(2)11-17(9-5-6-10-17)16(20)19-15(12-18)14-7-3-4-8-14/h13-15H,3-12,18H2,1-2H3,(H,19,20). The van der Waals surface area contributed by atoms with Crippen LogP contribution in [-0.4, -0.2) is 18.5 Å². The van der Waals surface area contributed by atoms with Gasteiger partial charge in [-0.3, -0.25) is 4.79 Å². The monoisotopic (exact) mass is 280 g/mol. The number of amides is 1. The van der Waals surface area contributed by atoms with Crippen molar-refractivity contribution in [1.29, 1.82) is 0 Å². The topological polar surface area (TPSA) is 55.1 Å². The molecule has 3 N–H and O–H groups in total. The predicted molar refractivity (Wildman–Crippen MR) is 83.3 cm³/mol. The number of hydrogen-bond acceptors (Lipinski definition) is 2. The van der Waals surface area contributed by atoms with Gasteiger partial charge in [-0.2, -0.15) is 0 Å². The molecule has 3 heteroatoms. The van der Waals surface area contributed by atoms with E-state index in [1.807, 2.05) is 0 Å². The smallest absolute Gasteiger partial charge is 0.226 e. The molecule has 0 bridgehead atoms. The maximum atomic E-state index is 12.9. The summed E-state index contributed by atoms with van der Waals surface area (Å²) in [6, 6.07) is 0.203. The Morgan fingerprint density at radius 2 is 1.80 bits per heavy atom. The van der Waals surface area contributed by atoms with Crippen LogP contribution < -0.4 is 11.1 Å². The van der Waals surface area contributed by atoms with E-state index in [0.717, 1.165) is 19.3 Å². The Balaban J connectivity index is 1.99. The van der Waals surface area contributed by atoms with Crippen LogP contribution in [-0.2, 0) is 4.79 Å². The van der Waals surface area contributed by atoms with Gasteiger partial charge in [0.25, 0.3) is 0 Å². The second-order valence-electron chi connectivity index (χ2n) is 7.45. The van der Waals surface area contributed by atoms with Crippen molar-refractivity contribution in [1.82, 2.24) is 5.32 Å². The van der Waals surface area contributed by atoms with Gasteiger partial charge in [-0.1, -0.05) is 39.5 Å². The summed E-state index contributed by atoms with van der Waals surface area (Å²) in [5.41, 5.74) is 5.83. The van der Waals surface area contributed by atoms with Crippen LogP contribution in [0.5, 0.6) is 0 Å². The lowest BCUT2D eigenvalue weighted by molar-refractivity contribution is -0.132. The third-order valence-electron chi connectivity index (χ3n) is 5.38. The van der Waals surface area contributed by atoms with Crippen LogP contribution in [0.1, 0.15) is 71.6 Å². The molecule has 1 atom stereocenters. The van der Waals surface area contributed by atoms with Gasteiger partial charge in [0.15, 0.2) is 0 Å². The minimum atomic E-state index is -0.0970. The first-order valence-corrected chi connectivity index (χ1v) is 8.58. The van der Waals surface area contributed by atoms with Gasteiger partial charge in [0.2, 0.25) is 5.91 Å². The summed E-state index contributed by atoms with van der Waals surface area (Å²) in [5, 5.41) is 3.33. The Labute approximate surface area is 124 Å². The summed E-state index contributed by atoms with van der Waals surface area (Å²) in [6.45, 7) is 5.05. The van der Waals surface area contributed by atoms with Crippen molar-refractivity contribution in [2.75, 3.05) is 6.54 Å². The number of nitrogens with one attached hydrogen (secondary N) is 1. The lowest BCUT2D eigenvalue weighted by Gasteiger charge is -2.33. The van der Waals surface area contributed by atoms with E-state index in [9.17, 15) is 4.79 Å². The zero-order chi connectivity index (χ0) is 14.6. The maximum absolute atomic E-state index is 12.9. The highest BCUT2D eigenvalue weighted by atomic mass is 16.2. The average molecular weight is 280 g/mol. The van der Waals surface area contributed by atoms with Gasteiger partial charge < -0.3 is 11.1 Å². The largest absolute Gasteiger partial charge is 0.351 e. The van der Waals surface area contributed by atoms with E-state index in [1.165, 1.54) is 38.5 Å². The molecule has 2 fully saturated rings. The molecule has 2 aliphatic rings. The maximum Gasteiger partial charge on any atom is 0.226 e. The number of carbonyl (C=O) groups excluding carboxylic acids is 1. The predicted octanol–water partition coefficient (Wildman–Crippen LogP) is 3.23. The Kier molecular flexibility index (Phi) is 5.48. The zero-order valence-corrected chi connectivity index (χ0v) is 13.3. The van der Waals surface area contributed by atoms with E-state index in [1.54, 1.807) is 0 Å². The van der Waals surface area contributed by atoms with Gasteiger partial charge in [0, 0.05) is 18.0 Å². The van der Waals surface area contributed by atoms with Crippen LogP contribution in [0.25, 0.3) is 0 Å². The van der Waals surface area contributed by atoms with Crippen LogP contribution in [0.15, 0.2) is 0 Å². The highest BCUT2D eigenvalue weighted by Crippen LogP contribution is 2.43. The quantitative estimate of drug-likeness (QED) is 0.785. The second kappa shape index (κ2) is 6.93. The first-order valence-electron chi connectivity index (χ1n) is 8.58. The molecular weight excluding hydrogens is 248 g/mol. The van der Waals surface area contributed by atoms with Gasteiger partial charge in [0.05, 0.1) is 0 Å². The molecule has 0 saturated heterocycles. The van der Waals surface area contributed by atoms with E-state index < -0.39 is 0 Å². The molecule has 2 rings (SSSR count). The van der Waals surface area contributed by atoms with Crippen molar-refractivity contribution in [2.24, 2.45) is 23.0 Å². The summed E-state index contributed by atoms with van der Waals surface area (Å²) in [5.74, 6) is 1.49. The second-order valence-corrected chi connectivity index (χ2v) is 7.45. The summed E-state index contributed by atoms with van der Waals surface area (Å²) >= 11 is 0. The molecule has 3 nitrogen and oxygen atoms in total. The minimum Gasteiger partial charge on any atom is -0.351 e. The minimum absolute atomic E-state index is 0.0970. The van der Waals surface area contributed by atoms with Crippen LogP contribution in [0.4, 0.5) is 0 Å². The Bertz CT molecular complexity index is 315. The molecule has 2 aliphatic carbocycles. The first-order chi connectivity index (χ1) is 9.57. The molecule has 0 spiro atoms. The van der Waals surface area contributed by atoms with Gasteiger partial charge in [-0.05, 0) is 43.9 Å². The molecule has 1 unspecified atom stereocenters. The van der Waals surface area contributed by atoms with Crippen LogP contribution >= 0.6 is 0 Å². The number of rotatable bonds is 6. The zero-order valence-electron chi connectivity index (χ0n) is 13.3. The lowest BCUT2D eigenvalue weighted by Crippen LogP contribution is -2.50. The van der Waals surface area contributed by atoms with Crippen molar-refractivity contribution < 1.29 is 4.79 Å². The summed E-state index contributed by atoms with van der Waals surface area (Å²) in [6.07, 6.45) is 10.6. The fourth-order valence-electron chi connectivity index (χ4n) is 4.41. The molecule has 116 valence electrons. The Morgan fingerprint density at radius 3 is 2.30 bits per heavy atom. The molecule has 20 heavy (non-hydrogen) atoms. The van der Waals surface area contributed by atoms with Gasteiger partial charge in [-0.25, -0.2) is 0 Å². The highest BCUT2D eigenvalue weighted by Gasteiger charge is 2.42. The molecule has 0 aliphatic heterocycles. The lowest BCUT2D eigenvalue weighted by atomic mass is 9.77. The van der Waals surface area contributed by atoms with E-state index >= 15 is 0 Å². The third kappa shape index (κ3) is 3.55. The van der Waals surface area contributed by atoms with E-state index in [-0.39, 0.29) is 11.5 Å². The highest BCUT2D eigenvalue weighted by molar-refractivity contribution is 5.83. The fourth-order valence-corrected chi connectivity index (χ4v) is 4.41. The number of nitrogens with two attached hydrogens (primary N) is 1. The van der Waals surface area contributed by atoms with Crippen molar-refractivity contribution >= 4 is 5.91 Å². The molecule has 0 heterocycles. The van der Waals surface area contributed by atoms with Gasteiger partial charge in [-0.15, -0.1) is 0 Å². The van der Waals surface area contributed by atoms with E-state index in [0.29, 0.717) is 24.3 Å². The Hall–Kier alpha value is -0.570. The van der Waals surface area contributed by atoms with Crippen molar-refractivity contribution in [2.45, 2.75) is 77.7 Å². The summed E-state index contributed by atoms with van der Waals surface area (Å²) in [7, 11) is 0. The third-order valence-corrected chi connectivity index (χ3v) is 5.38.